The van der Waals surface area contributed by atoms with E-state index in [-0.39, 0.29) is 11.8 Å². The molecule has 0 saturated carbocycles. The van der Waals surface area contributed by atoms with Crippen LogP contribution in [0.15, 0.2) is 42.5 Å². The van der Waals surface area contributed by atoms with Crippen LogP contribution in [0.25, 0.3) is 0 Å². The van der Waals surface area contributed by atoms with Crippen molar-refractivity contribution in [2.75, 3.05) is 0 Å². The Balaban J connectivity index is 1.94. The lowest BCUT2D eigenvalue weighted by molar-refractivity contribution is -0.128. The molecule has 29 heavy (non-hydrogen) atoms. The fraction of sp³-hybridized carbons (Fsp3) is 0.364. The van der Waals surface area contributed by atoms with Crippen molar-refractivity contribution in [3.8, 4) is 11.5 Å². The van der Waals surface area contributed by atoms with E-state index in [1.807, 2.05) is 19.1 Å². The van der Waals surface area contributed by atoms with Gasteiger partial charge >= 0.3 is 0 Å². The van der Waals surface area contributed by atoms with Gasteiger partial charge in [-0.1, -0.05) is 43.1 Å². The van der Waals surface area contributed by atoms with Crippen molar-refractivity contribution in [3.63, 3.8) is 0 Å². The van der Waals surface area contributed by atoms with Gasteiger partial charge in [-0.2, -0.15) is 0 Å². The molecule has 0 aliphatic carbocycles. The molecule has 0 fully saturated rings. The normalized spacial score (nSPS) is 12.7. The molecule has 0 aliphatic heterocycles. The molecule has 0 aromatic heterocycles. The van der Waals surface area contributed by atoms with Gasteiger partial charge in [0.05, 0.1) is 11.1 Å². The smallest absolute Gasteiger partial charge is 0.242 e. The number of ether oxygens (including phenoxy) is 1. The number of halogens is 1. The number of benzene rings is 2. The Morgan fingerprint density at radius 3 is 2.41 bits per heavy atom. The first-order valence-corrected chi connectivity index (χ1v) is 9.97. The van der Waals surface area contributed by atoms with Crippen LogP contribution in [0.1, 0.15) is 50.8 Å². The molecule has 156 valence electrons. The minimum Gasteiger partial charge on any atom is -0.456 e. The first kappa shape index (κ1) is 22.7. The third kappa shape index (κ3) is 7.07. The molecule has 2 atom stereocenters. The summed E-state index contributed by atoms with van der Waals surface area (Å²) in [5.41, 5.74) is 1.62. The van der Waals surface area contributed by atoms with Crippen molar-refractivity contribution in [2.45, 2.75) is 52.3 Å². The van der Waals surface area contributed by atoms with E-state index in [1.54, 1.807) is 37.3 Å². The maximum atomic E-state index is 12.3. The highest BCUT2D eigenvalue weighted by Crippen LogP contribution is 2.31. The van der Waals surface area contributed by atoms with Crippen LogP contribution in [0.4, 0.5) is 0 Å². The second-order valence-corrected chi connectivity index (χ2v) is 7.28. The molecule has 1 unspecified atom stereocenters. The van der Waals surface area contributed by atoms with Gasteiger partial charge in [-0.25, -0.2) is 0 Å². The van der Waals surface area contributed by atoms with Crippen LogP contribution in [-0.4, -0.2) is 23.0 Å². The van der Waals surface area contributed by atoms with Gasteiger partial charge in [0, 0.05) is 13.5 Å². The van der Waals surface area contributed by atoms with Gasteiger partial charge in [0.1, 0.15) is 17.5 Å². The molecule has 2 rings (SSSR count). The zero-order chi connectivity index (χ0) is 21.4. The van der Waals surface area contributed by atoms with Crippen LogP contribution in [0.5, 0.6) is 11.5 Å². The van der Waals surface area contributed by atoms with Gasteiger partial charge in [0.25, 0.3) is 0 Å². The summed E-state index contributed by atoms with van der Waals surface area (Å²) in [6, 6.07) is 11.9. The standard InChI is InChI=1S/C22H27ClN2O4/c1-4-5-20(25-15(3)27)22(28)24-13-16-6-9-18(10-7-16)29-21-11-8-17(14(2)26)12-19(21)23/h6-12,14,20,26H,4-5,13H2,1-3H3,(H,24,28)(H,25,27)/t14?,20-/m0/s1. The molecule has 0 radical (unpaired) electrons. The van der Waals surface area contributed by atoms with Crippen molar-refractivity contribution in [1.82, 2.24) is 10.6 Å². The number of nitrogens with one attached hydrogen (secondary N) is 2. The quantitative estimate of drug-likeness (QED) is 0.572. The molecule has 0 heterocycles. The minimum absolute atomic E-state index is 0.202. The van der Waals surface area contributed by atoms with Crippen molar-refractivity contribution in [2.24, 2.45) is 0 Å². The first-order chi connectivity index (χ1) is 13.8. The van der Waals surface area contributed by atoms with Crippen molar-refractivity contribution in [3.05, 3.63) is 58.6 Å². The maximum absolute atomic E-state index is 12.3. The number of hydrogen-bond donors (Lipinski definition) is 3. The Hall–Kier alpha value is -2.57. The number of aliphatic hydroxyl groups is 1. The monoisotopic (exact) mass is 418 g/mol. The summed E-state index contributed by atoms with van der Waals surface area (Å²) < 4.78 is 5.79. The fourth-order valence-electron chi connectivity index (χ4n) is 2.78. The third-order valence-corrected chi connectivity index (χ3v) is 4.62. The summed E-state index contributed by atoms with van der Waals surface area (Å²) in [7, 11) is 0. The zero-order valence-electron chi connectivity index (χ0n) is 16.9. The molecule has 6 nitrogen and oxygen atoms in total. The van der Waals surface area contributed by atoms with Gasteiger partial charge in [-0.3, -0.25) is 9.59 Å². The second kappa shape index (κ2) is 10.8. The van der Waals surface area contributed by atoms with Crippen LogP contribution < -0.4 is 15.4 Å². The summed E-state index contributed by atoms with van der Waals surface area (Å²) in [4.78, 5) is 23.5. The number of rotatable bonds is 9. The average Bonchev–Trinajstić information content (AvgIpc) is 2.68. The molecular weight excluding hydrogens is 392 g/mol. The van der Waals surface area contributed by atoms with Crippen LogP contribution in [0.2, 0.25) is 5.02 Å². The average molecular weight is 419 g/mol. The Labute approximate surface area is 176 Å². The molecule has 2 amide bonds. The van der Waals surface area contributed by atoms with Crippen molar-refractivity contribution >= 4 is 23.4 Å². The Morgan fingerprint density at radius 1 is 1.17 bits per heavy atom. The van der Waals surface area contributed by atoms with Crippen LogP contribution in [0.3, 0.4) is 0 Å². The van der Waals surface area contributed by atoms with Crippen molar-refractivity contribution < 1.29 is 19.4 Å². The first-order valence-electron chi connectivity index (χ1n) is 9.59. The lowest BCUT2D eigenvalue weighted by atomic mass is 10.1. The molecule has 2 aromatic rings. The Morgan fingerprint density at radius 2 is 1.86 bits per heavy atom. The molecule has 0 bridgehead atoms. The van der Waals surface area contributed by atoms with E-state index >= 15 is 0 Å². The van der Waals surface area contributed by atoms with Gasteiger partial charge in [0.2, 0.25) is 11.8 Å². The molecule has 3 N–H and O–H groups in total. The molecule has 7 heteroatoms. The largest absolute Gasteiger partial charge is 0.456 e. The topological polar surface area (TPSA) is 87.7 Å². The summed E-state index contributed by atoms with van der Waals surface area (Å²) in [6.07, 6.45) is 0.788. The van der Waals surface area contributed by atoms with Crippen molar-refractivity contribution in [1.29, 1.82) is 0 Å². The number of carbonyl (C=O) groups excluding carboxylic acids is 2. The third-order valence-electron chi connectivity index (χ3n) is 4.33. The summed E-state index contributed by atoms with van der Waals surface area (Å²) >= 11 is 6.22. The van der Waals surface area contributed by atoms with Crippen LogP contribution >= 0.6 is 11.6 Å². The van der Waals surface area contributed by atoms with Gasteiger partial charge in [0.15, 0.2) is 0 Å². The highest BCUT2D eigenvalue weighted by Gasteiger charge is 2.17. The number of carbonyl (C=O) groups is 2. The molecule has 0 spiro atoms. The minimum atomic E-state index is -0.599. The number of aliphatic hydroxyl groups excluding tert-OH is 1. The van der Waals surface area contributed by atoms with E-state index in [0.29, 0.717) is 35.1 Å². The van der Waals surface area contributed by atoms with E-state index in [0.717, 1.165) is 12.0 Å². The zero-order valence-corrected chi connectivity index (χ0v) is 17.6. The van der Waals surface area contributed by atoms with Crippen LogP contribution in [-0.2, 0) is 16.1 Å². The summed E-state index contributed by atoms with van der Waals surface area (Å²) in [5.74, 6) is 0.677. The van der Waals surface area contributed by atoms with Gasteiger partial charge in [-0.15, -0.1) is 0 Å². The van der Waals surface area contributed by atoms with E-state index in [9.17, 15) is 14.7 Å². The maximum Gasteiger partial charge on any atom is 0.242 e. The number of hydrogen-bond acceptors (Lipinski definition) is 4. The second-order valence-electron chi connectivity index (χ2n) is 6.87. The molecule has 0 aliphatic rings. The molecule has 2 aromatic carbocycles. The molecular formula is C22H27ClN2O4. The Kier molecular flexibility index (Phi) is 8.49. The van der Waals surface area contributed by atoms with Gasteiger partial charge < -0.3 is 20.5 Å². The highest BCUT2D eigenvalue weighted by molar-refractivity contribution is 6.32. The van der Waals surface area contributed by atoms with E-state index < -0.39 is 12.1 Å². The van der Waals surface area contributed by atoms with Gasteiger partial charge in [-0.05, 0) is 48.7 Å². The predicted octanol–water partition coefficient (Wildman–Crippen LogP) is 4.11. The summed E-state index contributed by atoms with van der Waals surface area (Å²) in [6.45, 7) is 5.39. The van der Waals surface area contributed by atoms with E-state index in [4.69, 9.17) is 16.3 Å². The predicted molar refractivity (Wildman–Crippen MR) is 113 cm³/mol. The lowest BCUT2D eigenvalue weighted by Gasteiger charge is -2.17. The highest BCUT2D eigenvalue weighted by atomic mass is 35.5. The van der Waals surface area contributed by atoms with Crippen LogP contribution in [0, 0.1) is 0 Å². The van der Waals surface area contributed by atoms with E-state index in [2.05, 4.69) is 10.6 Å². The summed E-state index contributed by atoms with van der Waals surface area (Å²) in [5, 5.41) is 15.5. The van der Waals surface area contributed by atoms with E-state index in [1.165, 1.54) is 6.92 Å². The number of amides is 2. The fourth-order valence-corrected chi connectivity index (χ4v) is 3.00. The Bertz CT molecular complexity index is 837. The SMILES string of the molecule is CCC[C@H](NC(C)=O)C(=O)NCc1ccc(Oc2ccc(C(C)O)cc2Cl)cc1. The molecule has 0 saturated heterocycles. The lowest BCUT2D eigenvalue weighted by Crippen LogP contribution is -2.45.